The van der Waals surface area contributed by atoms with Gasteiger partial charge in [0.05, 0.1) is 17.2 Å². The maximum Gasteiger partial charge on any atom is 0.0991 e. The molecule has 144 valence electrons. The van der Waals surface area contributed by atoms with E-state index in [-0.39, 0.29) is 5.54 Å². The molecule has 3 heteroatoms. The van der Waals surface area contributed by atoms with Gasteiger partial charge in [0.15, 0.2) is 0 Å². The molecule has 0 aromatic heterocycles. The molecule has 0 radical (unpaired) electrons. The van der Waals surface area contributed by atoms with Gasteiger partial charge in [0.25, 0.3) is 0 Å². The first-order valence-electron chi connectivity index (χ1n) is 10.0. The largest absolute Gasteiger partial charge is 0.399 e. The van der Waals surface area contributed by atoms with Gasteiger partial charge in [-0.25, -0.2) is 0 Å². The summed E-state index contributed by atoms with van der Waals surface area (Å²) in [6, 6.07) is 18.0. The Hall–Kier alpha value is -2.60. The van der Waals surface area contributed by atoms with Crippen molar-refractivity contribution in [2.24, 2.45) is 4.99 Å². The Morgan fingerprint density at radius 1 is 1.00 bits per heavy atom. The van der Waals surface area contributed by atoms with E-state index in [4.69, 9.17) is 16.0 Å². The molecule has 0 fully saturated rings. The van der Waals surface area contributed by atoms with Crippen molar-refractivity contribution < 1.29 is 0 Å². The van der Waals surface area contributed by atoms with Crippen LogP contribution in [0.5, 0.6) is 0 Å². The molecule has 0 aliphatic carbocycles. The standard InChI is InChI=1S/C20H21N3.2C2H6/c1-20(12-10-15-2-4-16(14-21)5-3-15)13-11-19(23-20)17-6-8-18(22)9-7-17;2*1-2/h2-9H,10-13,22H2,1H3;2*1-2H3. The molecule has 0 saturated heterocycles. The number of hydrogen-bond donors (Lipinski definition) is 1. The Balaban J connectivity index is 0.000000855. The summed E-state index contributed by atoms with van der Waals surface area (Å²) < 4.78 is 0. The van der Waals surface area contributed by atoms with E-state index in [9.17, 15) is 0 Å². The second-order valence-corrected chi connectivity index (χ2v) is 6.49. The Kier molecular flexibility index (Phi) is 9.30. The van der Waals surface area contributed by atoms with Crippen molar-refractivity contribution >= 4 is 11.4 Å². The molecule has 1 aliphatic rings. The first-order valence-corrected chi connectivity index (χ1v) is 10.0. The third-order valence-corrected chi connectivity index (χ3v) is 4.58. The normalized spacial score (nSPS) is 17.6. The van der Waals surface area contributed by atoms with Crippen LogP contribution in [0.2, 0.25) is 0 Å². The van der Waals surface area contributed by atoms with E-state index in [1.165, 1.54) is 16.8 Å². The van der Waals surface area contributed by atoms with Crippen molar-refractivity contribution in [2.75, 3.05) is 5.73 Å². The SMILES string of the molecule is CC.CC.CC1(CCc2ccc(C#N)cc2)CCC(c2ccc(N)cc2)=N1. The Bertz CT molecular complexity index is 752. The van der Waals surface area contributed by atoms with Crippen LogP contribution in [0.15, 0.2) is 53.5 Å². The van der Waals surface area contributed by atoms with Crippen molar-refractivity contribution in [1.82, 2.24) is 0 Å². The van der Waals surface area contributed by atoms with E-state index >= 15 is 0 Å². The van der Waals surface area contributed by atoms with E-state index in [1.807, 2.05) is 64.1 Å². The predicted octanol–water partition coefficient (Wildman–Crippen LogP) is 6.17. The van der Waals surface area contributed by atoms with Crippen molar-refractivity contribution in [3.05, 3.63) is 65.2 Å². The average Bonchev–Trinajstić information content (AvgIpc) is 3.13. The molecule has 27 heavy (non-hydrogen) atoms. The first kappa shape index (κ1) is 22.4. The minimum Gasteiger partial charge on any atom is -0.399 e. The summed E-state index contributed by atoms with van der Waals surface area (Å²) in [6.45, 7) is 10.2. The smallest absolute Gasteiger partial charge is 0.0991 e. The molecule has 2 N–H and O–H groups in total. The molecule has 0 saturated carbocycles. The fraction of sp³-hybridized carbons (Fsp3) is 0.417. The lowest BCUT2D eigenvalue weighted by molar-refractivity contribution is 0.435. The lowest BCUT2D eigenvalue weighted by atomic mass is 9.91. The minimum absolute atomic E-state index is 0.00458. The molecule has 1 aliphatic heterocycles. The number of rotatable bonds is 4. The predicted molar refractivity (Wildman–Crippen MR) is 117 cm³/mol. The highest BCUT2D eigenvalue weighted by Crippen LogP contribution is 2.32. The summed E-state index contributed by atoms with van der Waals surface area (Å²) in [4.78, 5) is 4.99. The maximum absolute atomic E-state index is 8.85. The Morgan fingerprint density at radius 2 is 1.59 bits per heavy atom. The first-order chi connectivity index (χ1) is 13.1. The number of aryl methyl sites for hydroxylation is 1. The highest BCUT2D eigenvalue weighted by Gasteiger charge is 2.29. The third-order valence-electron chi connectivity index (χ3n) is 4.58. The zero-order chi connectivity index (χ0) is 20.3. The highest BCUT2D eigenvalue weighted by atomic mass is 14.9. The number of nitrogens with two attached hydrogens (primary N) is 1. The molecular weight excluding hydrogens is 330 g/mol. The number of nitrogen functional groups attached to an aromatic ring is 1. The third kappa shape index (κ3) is 6.57. The van der Waals surface area contributed by atoms with Crippen LogP contribution in [0.4, 0.5) is 5.69 Å². The van der Waals surface area contributed by atoms with Gasteiger partial charge in [0.1, 0.15) is 0 Å². The molecule has 1 unspecified atom stereocenters. The van der Waals surface area contributed by atoms with Gasteiger partial charge in [0, 0.05) is 11.4 Å². The van der Waals surface area contributed by atoms with Crippen LogP contribution in [-0.4, -0.2) is 11.3 Å². The van der Waals surface area contributed by atoms with Gasteiger partial charge in [-0.1, -0.05) is 52.0 Å². The fourth-order valence-corrected chi connectivity index (χ4v) is 3.05. The van der Waals surface area contributed by atoms with Crippen LogP contribution in [0.3, 0.4) is 0 Å². The van der Waals surface area contributed by atoms with Crippen molar-refractivity contribution in [3.63, 3.8) is 0 Å². The van der Waals surface area contributed by atoms with E-state index in [1.54, 1.807) is 0 Å². The number of aliphatic imine (C=N–C) groups is 1. The fourth-order valence-electron chi connectivity index (χ4n) is 3.05. The van der Waals surface area contributed by atoms with Crippen LogP contribution in [0.25, 0.3) is 0 Å². The molecule has 2 aromatic rings. The monoisotopic (exact) mass is 363 g/mol. The van der Waals surface area contributed by atoms with Gasteiger partial charge in [-0.05, 0) is 68.0 Å². The van der Waals surface area contributed by atoms with Gasteiger partial charge in [-0.2, -0.15) is 5.26 Å². The molecule has 0 amide bonds. The van der Waals surface area contributed by atoms with Crippen LogP contribution in [0, 0.1) is 11.3 Å². The average molecular weight is 364 g/mol. The summed E-state index contributed by atoms with van der Waals surface area (Å²) >= 11 is 0. The summed E-state index contributed by atoms with van der Waals surface area (Å²) in [6.07, 6.45) is 4.12. The van der Waals surface area contributed by atoms with Crippen molar-refractivity contribution in [2.45, 2.75) is 65.8 Å². The summed E-state index contributed by atoms with van der Waals surface area (Å²) in [7, 11) is 0. The summed E-state index contributed by atoms with van der Waals surface area (Å²) in [5, 5.41) is 8.85. The van der Waals surface area contributed by atoms with Crippen LogP contribution in [-0.2, 0) is 6.42 Å². The summed E-state index contributed by atoms with van der Waals surface area (Å²) in [5.74, 6) is 0. The molecular formula is C24H33N3. The van der Waals surface area contributed by atoms with E-state index < -0.39 is 0 Å². The van der Waals surface area contributed by atoms with Crippen molar-refractivity contribution in [3.8, 4) is 6.07 Å². The molecule has 1 heterocycles. The molecule has 0 bridgehead atoms. The molecule has 0 spiro atoms. The van der Waals surface area contributed by atoms with Gasteiger partial charge in [0.2, 0.25) is 0 Å². The van der Waals surface area contributed by atoms with Crippen LogP contribution >= 0.6 is 0 Å². The topological polar surface area (TPSA) is 62.2 Å². The minimum atomic E-state index is 0.00458. The summed E-state index contributed by atoms with van der Waals surface area (Å²) in [5.41, 5.74) is 10.9. The number of nitrogens with zero attached hydrogens (tertiary/aromatic N) is 2. The van der Waals surface area contributed by atoms with E-state index in [0.29, 0.717) is 5.56 Å². The Morgan fingerprint density at radius 3 is 2.15 bits per heavy atom. The zero-order valence-electron chi connectivity index (χ0n) is 17.4. The maximum atomic E-state index is 8.85. The molecule has 3 nitrogen and oxygen atoms in total. The number of nitriles is 1. The highest BCUT2D eigenvalue weighted by molar-refractivity contribution is 6.02. The molecule has 3 rings (SSSR count). The molecule has 1 atom stereocenters. The number of hydrogen-bond acceptors (Lipinski definition) is 3. The van der Waals surface area contributed by atoms with Crippen LogP contribution < -0.4 is 5.73 Å². The van der Waals surface area contributed by atoms with Crippen LogP contribution in [0.1, 0.15) is 70.6 Å². The second-order valence-electron chi connectivity index (χ2n) is 6.49. The lowest BCUT2D eigenvalue weighted by Crippen LogP contribution is -2.19. The molecule has 2 aromatic carbocycles. The van der Waals surface area contributed by atoms with Gasteiger partial charge in [-0.3, -0.25) is 4.99 Å². The zero-order valence-corrected chi connectivity index (χ0v) is 17.4. The Labute approximate surface area is 165 Å². The quantitative estimate of drug-likeness (QED) is 0.660. The van der Waals surface area contributed by atoms with Gasteiger partial charge >= 0.3 is 0 Å². The van der Waals surface area contributed by atoms with E-state index in [2.05, 4.69) is 25.1 Å². The van der Waals surface area contributed by atoms with Crippen molar-refractivity contribution in [1.29, 1.82) is 5.26 Å². The number of anilines is 1. The van der Waals surface area contributed by atoms with Gasteiger partial charge in [-0.15, -0.1) is 0 Å². The second kappa shape index (κ2) is 11.2. The lowest BCUT2D eigenvalue weighted by Gasteiger charge is -2.20. The van der Waals surface area contributed by atoms with E-state index in [0.717, 1.165) is 31.4 Å². The number of benzene rings is 2. The van der Waals surface area contributed by atoms with Gasteiger partial charge < -0.3 is 5.73 Å².